The van der Waals surface area contributed by atoms with Crippen LogP contribution in [0.4, 0.5) is 0 Å². The molecule has 32 heavy (non-hydrogen) atoms. The van der Waals surface area contributed by atoms with E-state index in [1.54, 1.807) is 18.1 Å². The molecule has 5 nitrogen and oxygen atoms in total. The number of aromatic nitrogens is 1. The molecule has 1 aromatic heterocycles. The van der Waals surface area contributed by atoms with Crippen LogP contribution in [-0.4, -0.2) is 36.0 Å². The van der Waals surface area contributed by atoms with Crippen LogP contribution in [-0.2, 0) is 13.0 Å². The molecular weight excluding hydrogens is 424 g/mol. The molecule has 166 valence electrons. The van der Waals surface area contributed by atoms with Gasteiger partial charge in [0.2, 0.25) is 0 Å². The summed E-state index contributed by atoms with van der Waals surface area (Å²) >= 11 is 6.02. The second-order valence-electron chi connectivity index (χ2n) is 8.09. The largest absolute Gasteiger partial charge is 0.493 e. The highest BCUT2D eigenvalue weighted by Crippen LogP contribution is 2.35. The maximum absolute atomic E-state index is 12.7. The predicted molar refractivity (Wildman–Crippen MR) is 126 cm³/mol. The second-order valence-corrected chi connectivity index (χ2v) is 8.50. The lowest BCUT2D eigenvalue weighted by atomic mass is 9.91. The van der Waals surface area contributed by atoms with Crippen LogP contribution in [0.2, 0.25) is 5.02 Å². The van der Waals surface area contributed by atoms with Gasteiger partial charge in [0.25, 0.3) is 5.91 Å². The maximum atomic E-state index is 12.7. The van der Waals surface area contributed by atoms with Crippen molar-refractivity contribution in [2.24, 2.45) is 0 Å². The Kier molecular flexibility index (Phi) is 6.66. The van der Waals surface area contributed by atoms with Crippen LogP contribution in [0, 0.1) is 6.92 Å². The molecule has 0 spiro atoms. The van der Waals surface area contributed by atoms with E-state index in [2.05, 4.69) is 42.2 Å². The van der Waals surface area contributed by atoms with E-state index in [0.29, 0.717) is 41.9 Å². The number of hydrogen-bond donors (Lipinski definition) is 0. The predicted octanol–water partition coefficient (Wildman–Crippen LogP) is 5.43. The minimum atomic E-state index is -0.0676. The van der Waals surface area contributed by atoms with Gasteiger partial charge in [-0.25, -0.2) is 4.98 Å². The molecule has 1 saturated heterocycles. The third kappa shape index (κ3) is 4.73. The molecule has 6 heteroatoms. The lowest BCUT2D eigenvalue weighted by Gasteiger charge is -2.39. The lowest BCUT2D eigenvalue weighted by Crippen LogP contribution is -2.48. The number of benzene rings is 2. The normalized spacial score (nSPS) is 13.6. The van der Waals surface area contributed by atoms with Crippen LogP contribution >= 0.6 is 11.6 Å². The van der Waals surface area contributed by atoms with Gasteiger partial charge in [0, 0.05) is 25.2 Å². The SMILES string of the molecule is CCc1ccc(COc2ccc(C3CN(C(=O)c4cc(C)c(Cl)cn4)C3)cc2OC)cc1. The van der Waals surface area contributed by atoms with Crippen molar-refractivity contribution >= 4 is 17.5 Å². The van der Waals surface area contributed by atoms with E-state index >= 15 is 0 Å². The topological polar surface area (TPSA) is 51.7 Å². The number of methoxy groups -OCH3 is 1. The van der Waals surface area contributed by atoms with Gasteiger partial charge in [-0.3, -0.25) is 4.79 Å². The van der Waals surface area contributed by atoms with Crippen LogP contribution < -0.4 is 9.47 Å². The summed E-state index contributed by atoms with van der Waals surface area (Å²) < 4.78 is 11.6. The summed E-state index contributed by atoms with van der Waals surface area (Å²) in [7, 11) is 1.65. The minimum Gasteiger partial charge on any atom is -0.493 e. The van der Waals surface area contributed by atoms with Crippen molar-refractivity contribution in [2.45, 2.75) is 32.8 Å². The van der Waals surface area contributed by atoms with Crippen molar-refractivity contribution in [3.63, 3.8) is 0 Å². The number of hydrogen-bond acceptors (Lipinski definition) is 4. The van der Waals surface area contributed by atoms with Crippen molar-refractivity contribution in [1.82, 2.24) is 9.88 Å². The molecule has 2 aromatic carbocycles. The number of carbonyl (C=O) groups excluding carboxylic acids is 1. The average molecular weight is 451 g/mol. The van der Waals surface area contributed by atoms with E-state index in [4.69, 9.17) is 21.1 Å². The average Bonchev–Trinajstić information content (AvgIpc) is 2.79. The lowest BCUT2D eigenvalue weighted by molar-refractivity contribution is 0.0596. The number of amides is 1. The number of nitrogens with zero attached hydrogens (tertiary/aromatic N) is 2. The fourth-order valence-corrected chi connectivity index (χ4v) is 3.87. The zero-order chi connectivity index (χ0) is 22.7. The summed E-state index contributed by atoms with van der Waals surface area (Å²) in [5, 5.41) is 0.565. The molecule has 1 aliphatic heterocycles. The summed E-state index contributed by atoms with van der Waals surface area (Å²) in [6, 6.07) is 16.2. The van der Waals surface area contributed by atoms with E-state index in [0.717, 1.165) is 23.1 Å². The van der Waals surface area contributed by atoms with Crippen molar-refractivity contribution in [3.05, 3.63) is 87.7 Å². The molecule has 1 aliphatic rings. The maximum Gasteiger partial charge on any atom is 0.272 e. The summed E-state index contributed by atoms with van der Waals surface area (Å²) in [5.41, 5.74) is 4.84. The first-order chi connectivity index (χ1) is 15.5. The molecule has 0 aliphatic carbocycles. The van der Waals surface area contributed by atoms with Crippen molar-refractivity contribution in [3.8, 4) is 11.5 Å². The molecule has 0 N–H and O–H groups in total. The molecule has 1 amide bonds. The van der Waals surface area contributed by atoms with Gasteiger partial charge in [0.05, 0.1) is 12.1 Å². The molecule has 0 radical (unpaired) electrons. The third-order valence-electron chi connectivity index (χ3n) is 5.92. The standard InChI is InChI=1S/C26H27ClN2O3/c1-4-18-5-7-19(8-6-18)16-32-24-10-9-20(12-25(24)31-3)21-14-29(15-21)26(30)23-11-17(2)22(27)13-28-23/h5-13,21H,4,14-16H2,1-3H3. The van der Waals surface area contributed by atoms with Crippen LogP contribution in [0.25, 0.3) is 0 Å². The van der Waals surface area contributed by atoms with Crippen LogP contribution in [0.1, 0.15) is 45.6 Å². The van der Waals surface area contributed by atoms with Gasteiger partial charge >= 0.3 is 0 Å². The van der Waals surface area contributed by atoms with Crippen LogP contribution in [0.3, 0.4) is 0 Å². The van der Waals surface area contributed by atoms with Gasteiger partial charge < -0.3 is 14.4 Å². The van der Waals surface area contributed by atoms with Gasteiger partial charge in [-0.2, -0.15) is 0 Å². The first-order valence-electron chi connectivity index (χ1n) is 10.8. The Hall–Kier alpha value is -3.05. The quantitative estimate of drug-likeness (QED) is 0.481. The Morgan fingerprint density at radius 1 is 1.09 bits per heavy atom. The van der Waals surface area contributed by atoms with Crippen LogP contribution in [0.5, 0.6) is 11.5 Å². The number of aryl methyl sites for hydroxylation is 2. The van der Waals surface area contributed by atoms with Crippen molar-refractivity contribution < 1.29 is 14.3 Å². The Labute approximate surface area is 193 Å². The van der Waals surface area contributed by atoms with Crippen molar-refractivity contribution in [2.75, 3.05) is 20.2 Å². The van der Waals surface area contributed by atoms with Gasteiger partial charge in [0.15, 0.2) is 11.5 Å². The minimum absolute atomic E-state index is 0.0676. The molecule has 2 heterocycles. The molecule has 0 unspecified atom stereocenters. The molecule has 1 fully saturated rings. The van der Waals surface area contributed by atoms with E-state index in [-0.39, 0.29) is 11.8 Å². The number of ether oxygens (including phenoxy) is 2. The molecule has 4 rings (SSSR count). The number of likely N-dealkylation sites (tertiary alicyclic amines) is 1. The Bertz CT molecular complexity index is 1110. The summed E-state index contributed by atoms with van der Waals surface area (Å²) in [6.07, 6.45) is 2.56. The number of halogens is 1. The molecule has 0 atom stereocenters. The Morgan fingerprint density at radius 3 is 2.47 bits per heavy atom. The zero-order valence-corrected chi connectivity index (χ0v) is 19.4. The summed E-state index contributed by atoms with van der Waals surface area (Å²) in [5.74, 6) is 1.61. The smallest absolute Gasteiger partial charge is 0.272 e. The van der Waals surface area contributed by atoms with Crippen molar-refractivity contribution in [1.29, 1.82) is 0 Å². The number of carbonyl (C=O) groups is 1. The van der Waals surface area contributed by atoms with E-state index in [1.807, 2.05) is 19.1 Å². The van der Waals surface area contributed by atoms with E-state index in [9.17, 15) is 4.79 Å². The third-order valence-corrected chi connectivity index (χ3v) is 6.32. The van der Waals surface area contributed by atoms with E-state index < -0.39 is 0 Å². The van der Waals surface area contributed by atoms with Gasteiger partial charge in [-0.05, 0) is 53.8 Å². The fourth-order valence-electron chi connectivity index (χ4n) is 3.76. The second kappa shape index (κ2) is 9.61. The fraction of sp³-hybridized carbons (Fsp3) is 0.308. The molecule has 0 bridgehead atoms. The van der Waals surface area contributed by atoms with Gasteiger partial charge in [0.1, 0.15) is 12.3 Å². The van der Waals surface area contributed by atoms with Gasteiger partial charge in [-0.1, -0.05) is 48.9 Å². The number of pyridine rings is 1. The van der Waals surface area contributed by atoms with Gasteiger partial charge in [-0.15, -0.1) is 0 Å². The summed E-state index contributed by atoms with van der Waals surface area (Å²) in [6.45, 7) is 5.80. The highest BCUT2D eigenvalue weighted by molar-refractivity contribution is 6.31. The first-order valence-corrected chi connectivity index (χ1v) is 11.2. The Morgan fingerprint density at radius 2 is 1.81 bits per heavy atom. The molecule has 3 aromatic rings. The number of rotatable bonds is 7. The Balaban J connectivity index is 1.37. The molecular formula is C26H27ClN2O3. The highest BCUT2D eigenvalue weighted by Gasteiger charge is 2.33. The summed E-state index contributed by atoms with van der Waals surface area (Å²) in [4.78, 5) is 18.7. The zero-order valence-electron chi connectivity index (χ0n) is 18.6. The highest BCUT2D eigenvalue weighted by atomic mass is 35.5. The van der Waals surface area contributed by atoms with E-state index in [1.165, 1.54) is 11.8 Å². The first kappa shape index (κ1) is 22.2. The monoisotopic (exact) mass is 450 g/mol. The van der Waals surface area contributed by atoms with Crippen LogP contribution in [0.15, 0.2) is 54.7 Å². The molecule has 0 saturated carbocycles.